The Kier molecular flexibility index (Phi) is 2.91. The van der Waals surface area contributed by atoms with Crippen LogP contribution in [0.2, 0.25) is 0 Å². The van der Waals surface area contributed by atoms with E-state index in [4.69, 9.17) is 0 Å². The zero-order chi connectivity index (χ0) is 9.14. The highest BCUT2D eigenvalue weighted by molar-refractivity contribution is 5.39. The maximum atomic E-state index is 2.25. The van der Waals surface area contributed by atoms with E-state index < -0.39 is 0 Å². The highest BCUT2D eigenvalue weighted by atomic mass is 14.1. The molecule has 0 saturated heterocycles. The van der Waals surface area contributed by atoms with Gasteiger partial charge >= 0.3 is 0 Å². The smallest absolute Gasteiger partial charge is 0.0302 e. The van der Waals surface area contributed by atoms with Gasteiger partial charge in [-0.25, -0.2) is 0 Å². The number of aryl methyl sites for hydroxylation is 2. The van der Waals surface area contributed by atoms with E-state index in [1.54, 1.807) is 0 Å². The van der Waals surface area contributed by atoms with Gasteiger partial charge < -0.3 is 0 Å². The predicted octanol–water partition coefficient (Wildman–Crippen LogP) is 3.43. The fourth-order valence-corrected chi connectivity index (χ4v) is 1.87. The van der Waals surface area contributed by atoms with Crippen LogP contribution < -0.4 is 0 Å². The summed E-state index contributed by atoms with van der Waals surface area (Å²) in [7, 11) is 0. The molecule has 0 aliphatic heterocycles. The molecule has 0 heteroatoms. The van der Waals surface area contributed by atoms with Crippen LogP contribution >= 0.6 is 0 Å². The Labute approximate surface area is 75.6 Å². The monoisotopic (exact) mass is 162 g/mol. The van der Waals surface area contributed by atoms with Crippen molar-refractivity contribution in [1.29, 1.82) is 0 Å². The molecule has 1 aromatic rings. The number of rotatable bonds is 2. The van der Waals surface area contributed by atoms with Gasteiger partial charge in [0.1, 0.15) is 0 Å². The van der Waals surface area contributed by atoms with Crippen LogP contribution in [-0.2, 0) is 12.8 Å². The summed E-state index contributed by atoms with van der Waals surface area (Å²) in [6.07, 6.45) is 2.31. The molecule has 0 spiro atoms. The Morgan fingerprint density at radius 3 is 2.17 bits per heavy atom. The number of hydrogen-bond acceptors (Lipinski definition) is 0. The normalized spacial score (nSPS) is 10.3. The van der Waals surface area contributed by atoms with E-state index in [-0.39, 0.29) is 0 Å². The van der Waals surface area contributed by atoms with E-state index in [1.807, 2.05) is 0 Å². The van der Waals surface area contributed by atoms with E-state index in [0.717, 1.165) is 12.8 Å². The molecule has 0 radical (unpaired) electrons. The van der Waals surface area contributed by atoms with Crippen molar-refractivity contribution in [3.05, 3.63) is 34.4 Å². The largest absolute Gasteiger partial charge is 0.0613 e. The van der Waals surface area contributed by atoms with Crippen LogP contribution in [0.4, 0.5) is 0 Å². The van der Waals surface area contributed by atoms with Gasteiger partial charge in [-0.3, -0.25) is 0 Å². The quantitative estimate of drug-likeness (QED) is 0.625. The molecule has 66 valence electrons. The summed E-state index contributed by atoms with van der Waals surface area (Å²) in [6.45, 7) is 8.89. The van der Waals surface area contributed by atoms with Crippen molar-refractivity contribution < 1.29 is 0 Å². The number of hydrogen-bond donors (Lipinski definition) is 0. The SMILES string of the molecule is CCc1ccc(C)c(CC)c1C. The van der Waals surface area contributed by atoms with Crippen molar-refractivity contribution in [3.8, 4) is 0 Å². The van der Waals surface area contributed by atoms with Crippen molar-refractivity contribution in [1.82, 2.24) is 0 Å². The molecule has 0 aliphatic carbocycles. The maximum absolute atomic E-state index is 2.25. The maximum Gasteiger partial charge on any atom is -0.0302 e. The van der Waals surface area contributed by atoms with Crippen LogP contribution in [-0.4, -0.2) is 0 Å². The van der Waals surface area contributed by atoms with Gasteiger partial charge in [0, 0.05) is 0 Å². The van der Waals surface area contributed by atoms with Gasteiger partial charge in [-0.2, -0.15) is 0 Å². The molecule has 12 heavy (non-hydrogen) atoms. The third-order valence-corrected chi connectivity index (χ3v) is 2.68. The third-order valence-electron chi connectivity index (χ3n) is 2.68. The molecule has 0 unspecified atom stereocenters. The van der Waals surface area contributed by atoms with Gasteiger partial charge in [-0.1, -0.05) is 26.0 Å². The molecule has 0 fully saturated rings. The van der Waals surface area contributed by atoms with Crippen molar-refractivity contribution in [2.75, 3.05) is 0 Å². The van der Waals surface area contributed by atoms with Gasteiger partial charge in [0.05, 0.1) is 0 Å². The second kappa shape index (κ2) is 3.75. The molecule has 0 aromatic heterocycles. The Hall–Kier alpha value is -0.780. The second-order valence-electron chi connectivity index (χ2n) is 3.35. The zero-order valence-corrected chi connectivity index (χ0v) is 8.57. The Bertz CT molecular complexity index is 272. The molecular formula is C12H18. The summed E-state index contributed by atoms with van der Waals surface area (Å²) in [5.74, 6) is 0. The van der Waals surface area contributed by atoms with Crippen LogP contribution in [0.5, 0.6) is 0 Å². The lowest BCUT2D eigenvalue weighted by Crippen LogP contribution is -1.96. The highest BCUT2D eigenvalue weighted by Gasteiger charge is 2.03. The summed E-state index contributed by atoms with van der Waals surface area (Å²) < 4.78 is 0. The van der Waals surface area contributed by atoms with Crippen molar-refractivity contribution in [3.63, 3.8) is 0 Å². The number of benzene rings is 1. The first-order valence-electron chi connectivity index (χ1n) is 4.78. The van der Waals surface area contributed by atoms with E-state index in [2.05, 4.69) is 39.8 Å². The first-order chi connectivity index (χ1) is 5.70. The van der Waals surface area contributed by atoms with Crippen LogP contribution in [0.3, 0.4) is 0 Å². The first kappa shape index (κ1) is 9.31. The van der Waals surface area contributed by atoms with Gasteiger partial charge in [0.25, 0.3) is 0 Å². The summed E-state index contributed by atoms with van der Waals surface area (Å²) in [5.41, 5.74) is 5.97. The minimum atomic E-state index is 1.15. The molecular weight excluding hydrogens is 144 g/mol. The minimum Gasteiger partial charge on any atom is -0.0613 e. The fraction of sp³-hybridized carbons (Fsp3) is 0.500. The lowest BCUT2D eigenvalue weighted by molar-refractivity contribution is 1.03. The van der Waals surface area contributed by atoms with Crippen LogP contribution in [0.15, 0.2) is 12.1 Å². The van der Waals surface area contributed by atoms with E-state index >= 15 is 0 Å². The molecule has 0 nitrogen and oxygen atoms in total. The summed E-state index contributed by atoms with van der Waals surface area (Å²) >= 11 is 0. The molecule has 0 heterocycles. The zero-order valence-electron chi connectivity index (χ0n) is 8.57. The van der Waals surface area contributed by atoms with E-state index in [0.29, 0.717) is 0 Å². The fourth-order valence-electron chi connectivity index (χ4n) is 1.87. The summed E-state index contributed by atoms with van der Waals surface area (Å²) in [4.78, 5) is 0. The van der Waals surface area contributed by atoms with Gasteiger partial charge in [0.2, 0.25) is 0 Å². The Morgan fingerprint density at radius 2 is 1.67 bits per heavy atom. The minimum absolute atomic E-state index is 1.15. The Balaban J connectivity index is 3.24. The lowest BCUT2D eigenvalue weighted by atomic mass is 9.95. The van der Waals surface area contributed by atoms with E-state index in [9.17, 15) is 0 Å². The highest BCUT2D eigenvalue weighted by Crippen LogP contribution is 2.18. The molecule has 0 atom stereocenters. The molecule has 0 N–H and O–H groups in total. The van der Waals surface area contributed by atoms with Crippen molar-refractivity contribution in [2.24, 2.45) is 0 Å². The standard InChI is InChI=1S/C12H18/c1-5-11-8-7-9(3)12(6-2)10(11)4/h7-8H,5-6H2,1-4H3. The van der Waals surface area contributed by atoms with E-state index in [1.165, 1.54) is 22.3 Å². The predicted molar refractivity (Wildman–Crippen MR) is 54.7 cm³/mol. The van der Waals surface area contributed by atoms with Crippen molar-refractivity contribution >= 4 is 0 Å². The topological polar surface area (TPSA) is 0 Å². The van der Waals surface area contributed by atoms with Gasteiger partial charge in [-0.15, -0.1) is 0 Å². The molecule has 1 rings (SSSR count). The van der Waals surface area contributed by atoms with Gasteiger partial charge in [-0.05, 0) is 48.9 Å². The van der Waals surface area contributed by atoms with Gasteiger partial charge in [0.15, 0.2) is 0 Å². The first-order valence-corrected chi connectivity index (χ1v) is 4.78. The average molecular weight is 162 g/mol. The van der Waals surface area contributed by atoms with Crippen LogP contribution in [0.25, 0.3) is 0 Å². The third kappa shape index (κ3) is 1.52. The molecule has 0 amide bonds. The lowest BCUT2D eigenvalue weighted by Gasteiger charge is -2.11. The van der Waals surface area contributed by atoms with Crippen molar-refractivity contribution in [2.45, 2.75) is 40.5 Å². The summed E-state index contributed by atoms with van der Waals surface area (Å²) in [5, 5.41) is 0. The van der Waals surface area contributed by atoms with Crippen LogP contribution in [0, 0.1) is 13.8 Å². The molecule has 1 aromatic carbocycles. The molecule has 0 bridgehead atoms. The average Bonchev–Trinajstić information content (AvgIpc) is 2.06. The summed E-state index contributed by atoms with van der Waals surface area (Å²) in [6, 6.07) is 4.49. The second-order valence-corrected chi connectivity index (χ2v) is 3.35. The molecule has 0 saturated carbocycles. The van der Waals surface area contributed by atoms with Crippen LogP contribution in [0.1, 0.15) is 36.1 Å². The molecule has 0 aliphatic rings. The Morgan fingerprint density at radius 1 is 1.00 bits per heavy atom.